The van der Waals surface area contributed by atoms with Gasteiger partial charge in [-0.3, -0.25) is 9.78 Å². The Morgan fingerprint density at radius 2 is 1.95 bits per heavy atom. The van der Waals surface area contributed by atoms with Gasteiger partial charge in [-0.25, -0.2) is 17.7 Å². The number of aliphatic hydroxyl groups excluding tert-OH is 1. The van der Waals surface area contributed by atoms with Gasteiger partial charge in [0.25, 0.3) is 5.92 Å². The number of aliphatic hydroxyl groups is 1. The molecule has 1 saturated heterocycles. The van der Waals surface area contributed by atoms with Gasteiger partial charge < -0.3 is 21.1 Å². The van der Waals surface area contributed by atoms with Gasteiger partial charge in [0.15, 0.2) is 11.6 Å². The summed E-state index contributed by atoms with van der Waals surface area (Å²) in [6, 6.07) is 3.43. The number of unbranched alkanes of at least 4 members (excludes halogenated alkanes) is 1. The number of nitrogens with zero attached hydrogens (tertiary/aromatic N) is 7. The molecule has 0 unspecified atom stereocenters. The van der Waals surface area contributed by atoms with Crippen LogP contribution in [0.15, 0.2) is 28.6 Å². The second-order valence-electron chi connectivity index (χ2n) is 8.75. The monoisotopic (exact) mass is 551 g/mol. The standard InChI is InChI=1S/C14H15FN8.C7H11F2NO2.C4H10/c1-7-9(21-18-3)4-5-10(19-7)11-8(15)6-23-12(11)13(17-2)20-14(16)22-23;8-7(9)2-1-3-10(5-7)6(12)4-11;1-3-4-2/h4-6H,1-3H3,(H3,16,17,20,22);11H,1-5H2;3-4H2,1-2H3. The molecule has 14 heteroatoms. The largest absolute Gasteiger partial charge is 0.387 e. The fourth-order valence-corrected chi connectivity index (χ4v) is 3.67. The second kappa shape index (κ2) is 14.4. The van der Waals surface area contributed by atoms with Gasteiger partial charge in [-0.1, -0.05) is 26.7 Å². The molecule has 1 fully saturated rings. The number of carbonyl (C=O) groups excluding carboxylic acids is 1. The van der Waals surface area contributed by atoms with Gasteiger partial charge >= 0.3 is 0 Å². The van der Waals surface area contributed by atoms with Crippen LogP contribution in [0.5, 0.6) is 0 Å². The van der Waals surface area contributed by atoms with Crippen LogP contribution >= 0.6 is 0 Å². The zero-order valence-electron chi connectivity index (χ0n) is 22.9. The van der Waals surface area contributed by atoms with E-state index in [2.05, 4.69) is 44.5 Å². The van der Waals surface area contributed by atoms with Crippen LogP contribution in [0.25, 0.3) is 16.8 Å². The van der Waals surface area contributed by atoms with Crippen molar-refractivity contribution >= 4 is 28.9 Å². The highest BCUT2D eigenvalue weighted by atomic mass is 19.3. The molecule has 0 bridgehead atoms. The van der Waals surface area contributed by atoms with Crippen molar-refractivity contribution in [3.8, 4) is 11.3 Å². The lowest BCUT2D eigenvalue weighted by Crippen LogP contribution is -2.46. The average molecular weight is 552 g/mol. The number of hydrogen-bond acceptors (Lipinski definition) is 9. The molecule has 0 aliphatic carbocycles. The summed E-state index contributed by atoms with van der Waals surface area (Å²) in [6.45, 7) is 5.24. The Hall–Kier alpha value is -3.81. The zero-order valence-corrected chi connectivity index (χ0v) is 22.9. The van der Waals surface area contributed by atoms with Gasteiger partial charge in [0.1, 0.15) is 17.8 Å². The van der Waals surface area contributed by atoms with Crippen molar-refractivity contribution < 1.29 is 23.1 Å². The van der Waals surface area contributed by atoms with Crippen molar-refractivity contribution in [3.05, 3.63) is 29.8 Å². The number of azo groups is 1. The van der Waals surface area contributed by atoms with Crippen LogP contribution < -0.4 is 11.1 Å². The summed E-state index contributed by atoms with van der Waals surface area (Å²) in [5, 5.41) is 23.0. The van der Waals surface area contributed by atoms with Crippen LogP contribution in [-0.4, -0.2) is 75.2 Å². The lowest BCUT2D eigenvalue weighted by molar-refractivity contribution is -0.144. The number of rotatable bonds is 5. The fraction of sp³-hybridized carbons (Fsp3) is 0.520. The summed E-state index contributed by atoms with van der Waals surface area (Å²) in [5.74, 6) is -3.38. The number of halogens is 3. The highest BCUT2D eigenvalue weighted by molar-refractivity contribution is 5.88. The SMILES string of the molecule is CCCC.CN=Nc1ccc(-c2c(F)cn3nc(N)nc(NC)c23)nc1C.O=C(CO)N1CCCC(F)(F)C1. The Kier molecular flexibility index (Phi) is 11.6. The maximum Gasteiger partial charge on any atom is 0.265 e. The Morgan fingerprint density at radius 1 is 1.26 bits per heavy atom. The van der Waals surface area contributed by atoms with Crippen molar-refractivity contribution in [2.75, 3.05) is 44.8 Å². The minimum atomic E-state index is -2.77. The molecule has 0 radical (unpaired) electrons. The molecule has 3 aromatic rings. The summed E-state index contributed by atoms with van der Waals surface area (Å²) in [5.41, 5.74) is 8.15. The molecular formula is C25H36F3N9O2. The van der Waals surface area contributed by atoms with Gasteiger partial charge in [0.05, 0.1) is 29.7 Å². The lowest BCUT2D eigenvalue weighted by atomic mass is 10.1. The highest BCUT2D eigenvalue weighted by Gasteiger charge is 2.36. The molecule has 4 heterocycles. The van der Waals surface area contributed by atoms with Crippen LogP contribution in [0.4, 0.5) is 30.6 Å². The molecule has 4 N–H and O–H groups in total. The summed E-state index contributed by atoms with van der Waals surface area (Å²) in [4.78, 5) is 20.3. The average Bonchev–Trinajstić information content (AvgIpc) is 3.24. The Labute approximate surface area is 225 Å². The fourth-order valence-electron chi connectivity index (χ4n) is 3.67. The number of alkyl halides is 2. The third kappa shape index (κ3) is 8.34. The smallest absolute Gasteiger partial charge is 0.265 e. The van der Waals surface area contributed by atoms with E-state index in [0.29, 0.717) is 46.9 Å². The first-order valence-corrected chi connectivity index (χ1v) is 12.6. The van der Waals surface area contributed by atoms with Crippen molar-refractivity contribution in [1.29, 1.82) is 0 Å². The van der Waals surface area contributed by atoms with Crippen LogP contribution in [0.2, 0.25) is 0 Å². The first-order chi connectivity index (χ1) is 18.5. The number of nitrogen functional groups attached to an aromatic ring is 1. The van der Waals surface area contributed by atoms with Crippen LogP contribution in [0, 0.1) is 12.7 Å². The number of hydrogen-bond donors (Lipinski definition) is 3. The van der Waals surface area contributed by atoms with E-state index < -0.39 is 30.8 Å². The number of likely N-dealkylation sites (tertiary alicyclic amines) is 1. The topological polar surface area (TPSA) is 146 Å². The molecule has 1 aliphatic heterocycles. The van der Waals surface area contributed by atoms with Crippen LogP contribution in [-0.2, 0) is 4.79 Å². The predicted octanol–water partition coefficient (Wildman–Crippen LogP) is 4.62. The molecule has 0 atom stereocenters. The summed E-state index contributed by atoms with van der Waals surface area (Å²) in [6.07, 6.45) is 4.03. The zero-order chi connectivity index (χ0) is 29.2. The molecular weight excluding hydrogens is 515 g/mol. The molecule has 39 heavy (non-hydrogen) atoms. The Bertz CT molecular complexity index is 1280. The number of aromatic nitrogens is 4. The number of anilines is 2. The van der Waals surface area contributed by atoms with Gasteiger partial charge in [0.2, 0.25) is 11.9 Å². The van der Waals surface area contributed by atoms with E-state index >= 15 is 0 Å². The van der Waals surface area contributed by atoms with Gasteiger partial charge in [-0.15, -0.1) is 5.10 Å². The first-order valence-electron chi connectivity index (χ1n) is 12.6. The Morgan fingerprint density at radius 3 is 2.49 bits per heavy atom. The van der Waals surface area contributed by atoms with Crippen molar-refractivity contribution in [2.45, 2.75) is 52.4 Å². The number of nitrogens with one attached hydrogen (secondary N) is 1. The maximum absolute atomic E-state index is 14.5. The minimum absolute atomic E-state index is 0.0474. The van der Waals surface area contributed by atoms with Crippen molar-refractivity contribution in [3.63, 3.8) is 0 Å². The van der Waals surface area contributed by atoms with E-state index in [9.17, 15) is 18.0 Å². The molecule has 4 rings (SSSR count). The number of fused-ring (bicyclic) bond motifs is 1. The molecule has 0 spiro atoms. The Balaban J connectivity index is 0.000000279. The minimum Gasteiger partial charge on any atom is -0.387 e. The van der Waals surface area contributed by atoms with Crippen LogP contribution in [0.3, 0.4) is 0 Å². The molecule has 0 aromatic carbocycles. The third-order valence-electron chi connectivity index (χ3n) is 5.74. The molecule has 1 aliphatic rings. The normalized spacial score (nSPS) is 14.4. The van der Waals surface area contributed by atoms with Crippen LogP contribution in [0.1, 0.15) is 45.2 Å². The van der Waals surface area contributed by atoms with E-state index in [1.807, 2.05) is 0 Å². The summed E-state index contributed by atoms with van der Waals surface area (Å²) in [7, 11) is 3.26. The molecule has 0 saturated carbocycles. The van der Waals surface area contributed by atoms with Gasteiger partial charge in [-0.2, -0.15) is 15.2 Å². The van der Waals surface area contributed by atoms with E-state index in [4.69, 9.17) is 10.8 Å². The molecule has 1 amide bonds. The lowest BCUT2D eigenvalue weighted by Gasteiger charge is -2.31. The first kappa shape index (κ1) is 31.4. The van der Waals surface area contributed by atoms with Gasteiger partial charge in [-0.05, 0) is 25.5 Å². The van der Waals surface area contributed by atoms with E-state index in [1.54, 1.807) is 33.2 Å². The highest BCUT2D eigenvalue weighted by Crippen LogP contribution is 2.33. The number of pyridine rings is 1. The number of piperidine rings is 1. The summed E-state index contributed by atoms with van der Waals surface area (Å²) < 4.78 is 41.2. The van der Waals surface area contributed by atoms with Gasteiger partial charge in [0, 0.05) is 27.1 Å². The summed E-state index contributed by atoms with van der Waals surface area (Å²) >= 11 is 0. The number of aryl methyl sites for hydroxylation is 1. The number of nitrogens with two attached hydrogens (primary N) is 1. The van der Waals surface area contributed by atoms with Crippen molar-refractivity contribution in [1.82, 2.24) is 24.5 Å². The molecule has 214 valence electrons. The molecule has 3 aromatic heterocycles. The predicted molar refractivity (Wildman–Crippen MR) is 144 cm³/mol. The van der Waals surface area contributed by atoms with E-state index in [-0.39, 0.29) is 12.4 Å². The number of carbonyl (C=O) groups is 1. The van der Waals surface area contributed by atoms with E-state index in [0.717, 1.165) is 4.90 Å². The van der Waals surface area contributed by atoms with E-state index in [1.165, 1.54) is 23.6 Å². The quantitative estimate of drug-likeness (QED) is 0.392. The second-order valence-corrected chi connectivity index (χ2v) is 8.75. The number of amides is 1. The molecule has 11 nitrogen and oxygen atoms in total. The van der Waals surface area contributed by atoms with Crippen molar-refractivity contribution in [2.24, 2.45) is 10.2 Å². The maximum atomic E-state index is 14.5. The third-order valence-corrected chi connectivity index (χ3v) is 5.74.